The van der Waals surface area contributed by atoms with E-state index in [1.165, 1.54) is 17.2 Å². The van der Waals surface area contributed by atoms with Gasteiger partial charge in [-0.05, 0) is 43.2 Å². The third kappa shape index (κ3) is 3.14. The highest BCUT2D eigenvalue weighted by Gasteiger charge is 2.28. The summed E-state index contributed by atoms with van der Waals surface area (Å²) in [7, 11) is 0. The molecule has 2 aromatic carbocycles. The van der Waals surface area contributed by atoms with Crippen LogP contribution in [0.5, 0.6) is 0 Å². The molecule has 0 aromatic heterocycles. The normalized spacial score (nSPS) is 16.6. The van der Waals surface area contributed by atoms with Gasteiger partial charge in [0.2, 0.25) is 5.91 Å². The van der Waals surface area contributed by atoms with Gasteiger partial charge in [-0.25, -0.2) is 4.39 Å². The number of thioether (sulfide) groups is 1. The minimum Gasteiger partial charge on any atom is -0.323 e. The van der Waals surface area contributed by atoms with Crippen LogP contribution in [-0.2, 0) is 11.2 Å². The van der Waals surface area contributed by atoms with Gasteiger partial charge in [0.05, 0.1) is 10.9 Å². The number of halogens is 2. The van der Waals surface area contributed by atoms with Gasteiger partial charge in [-0.1, -0.05) is 33.6 Å². The zero-order valence-electron chi connectivity index (χ0n) is 11.3. The van der Waals surface area contributed by atoms with Crippen LogP contribution in [0.25, 0.3) is 0 Å². The highest BCUT2D eigenvalue weighted by molar-refractivity contribution is 9.10. The average Bonchev–Trinajstić information content (AvgIpc) is 2.85. The molecule has 0 spiro atoms. The number of aryl methyl sites for hydroxylation is 1. The van der Waals surface area contributed by atoms with E-state index in [2.05, 4.69) is 33.4 Å². The Bertz CT molecular complexity index is 719. The van der Waals surface area contributed by atoms with Crippen molar-refractivity contribution in [2.75, 3.05) is 5.32 Å². The van der Waals surface area contributed by atoms with Gasteiger partial charge in [-0.3, -0.25) is 4.79 Å². The molecule has 5 heteroatoms. The molecule has 0 bridgehead atoms. The summed E-state index contributed by atoms with van der Waals surface area (Å²) in [5.41, 5.74) is 2.58. The highest BCUT2D eigenvalue weighted by Crippen LogP contribution is 2.38. The number of hydrogen-bond donors (Lipinski definition) is 1. The van der Waals surface area contributed by atoms with Crippen LogP contribution in [-0.4, -0.2) is 11.2 Å². The maximum Gasteiger partial charge on any atom is 0.238 e. The zero-order valence-corrected chi connectivity index (χ0v) is 13.7. The predicted octanol–water partition coefficient (Wildman–Crippen LogP) is 4.55. The number of benzene rings is 2. The van der Waals surface area contributed by atoms with Crippen molar-refractivity contribution in [2.45, 2.75) is 23.5 Å². The highest BCUT2D eigenvalue weighted by atomic mass is 79.9. The van der Waals surface area contributed by atoms with Crippen molar-refractivity contribution in [3.8, 4) is 0 Å². The van der Waals surface area contributed by atoms with E-state index in [0.717, 1.165) is 4.90 Å². The van der Waals surface area contributed by atoms with Crippen LogP contribution in [0.3, 0.4) is 0 Å². The molecule has 0 saturated carbocycles. The van der Waals surface area contributed by atoms with Crippen molar-refractivity contribution in [2.24, 2.45) is 0 Å². The number of anilines is 1. The molecule has 1 N–H and O–H groups in total. The first-order valence-corrected chi connectivity index (χ1v) is 8.22. The number of hydrogen-bond acceptors (Lipinski definition) is 2. The third-order valence-corrected chi connectivity index (χ3v) is 5.17. The fourth-order valence-electron chi connectivity index (χ4n) is 2.29. The summed E-state index contributed by atoms with van der Waals surface area (Å²) in [6, 6.07) is 10.8. The van der Waals surface area contributed by atoms with Gasteiger partial charge in [0.15, 0.2) is 0 Å². The lowest BCUT2D eigenvalue weighted by Crippen LogP contribution is -2.25. The molecule has 1 amide bonds. The van der Waals surface area contributed by atoms with E-state index in [-0.39, 0.29) is 16.8 Å². The van der Waals surface area contributed by atoms with E-state index in [1.54, 1.807) is 23.9 Å². The van der Waals surface area contributed by atoms with Gasteiger partial charge in [-0.15, -0.1) is 11.8 Å². The second-order valence-corrected chi connectivity index (χ2v) is 7.20. The van der Waals surface area contributed by atoms with Gasteiger partial charge >= 0.3 is 0 Å². The molecule has 1 atom stereocenters. The first-order valence-electron chi connectivity index (χ1n) is 6.55. The number of fused-ring (bicyclic) bond motifs is 1. The van der Waals surface area contributed by atoms with Crippen LogP contribution in [0.2, 0.25) is 0 Å². The monoisotopic (exact) mass is 365 g/mol. The minimum absolute atomic E-state index is 0.157. The van der Waals surface area contributed by atoms with Crippen LogP contribution < -0.4 is 5.32 Å². The molecule has 0 saturated heterocycles. The van der Waals surface area contributed by atoms with E-state index >= 15 is 0 Å². The van der Waals surface area contributed by atoms with Crippen LogP contribution in [0.15, 0.2) is 45.8 Å². The second kappa shape index (κ2) is 5.81. The Labute approximate surface area is 135 Å². The van der Waals surface area contributed by atoms with Crippen LogP contribution in [0.1, 0.15) is 11.1 Å². The average molecular weight is 366 g/mol. The molecule has 0 radical (unpaired) electrons. The molecule has 2 aromatic rings. The van der Waals surface area contributed by atoms with E-state index in [9.17, 15) is 9.18 Å². The summed E-state index contributed by atoms with van der Waals surface area (Å²) in [4.78, 5) is 13.4. The quantitative estimate of drug-likeness (QED) is 0.845. The van der Waals surface area contributed by atoms with E-state index in [0.29, 0.717) is 10.9 Å². The number of carbonyl (C=O) groups excluding carboxylic acids is 1. The topological polar surface area (TPSA) is 29.1 Å². The smallest absolute Gasteiger partial charge is 0.238 e. The van der Waals surface area contributed by atoms with E-state index < -0.39 is 5.82 Å². The van der Waals surface area contributed by atoms with Crippen molar-refractivity contribution >= 4 is 39.3 Å². The number of carbonyl (C=O) groups is 1. The summed E-state index contributed by atoms with van der Waals surface area (Å²) in [5.74, 6) is -0.593. The molecule has 3 rings (SSSR count). The summed E-state index contributed by atoms with van der Waals surface area (Å²) < 4.78 is 14.4. The van der Waals surface area contributed by atoms with Crippen molar-refractivity contribution in [1.29, 1.82) is 0 Å². The number of nitrogens with one attached hydrogen (secondary N) is 1. The van der Waals surface area contributed by atoms with Crippen LogP contribution in [0, 0.1) is 12.7 Å². The van der Waals surface area contributed by atoms with Crippen molar-refractivity contribution < 1.29 is 9.18 Å². The van der Waals surface area contributed by atoms with Crippen LogP contribution >= 0.6 is 27.7 Å². The first-order chi connectivity index (χ1) is 10.0. The second-order valence-electron chi connectivity index (χ2n) is 5.04. The van der Waals surface area contributed by atoms with Gasteiger partial charge in [0.25, 0.3) is 0 Å². The summed E-state index contributed by atoms with van der Waals surface area (Å²) in [6.07, 6.45) is 0.685. The first kappa shape index (κ1) is 14.6. The Kier molecular flexibility index (Phi) is 4.04. The summed E-state index contributed by atoms with van der Waals surface area (Å²) >= 11 is 4.74. The zero-order chi connectivity index (χ0) is 15.0. The SMILES string of the molecule is Cc1ccc2c(c1)SC(C(=O)Nc1ccc(Br)cc1F)C2. The van der Waals surface area contributed by atoms with Gasteiger partial charge < -0.3 is 5.32 Å². The predicted molar refractivity (Wildman–Crippen MR) is 87.3 cm³/mol. The van der Waals surface area contributed by atoms with Crippen molar-refractivity contribution in [3.05, 3.63) is 57.8 Å². The number of rotatable bonds is 2. The molecule has 108 valence electrons. The lowest BCUT2D eigenvalue weighted by Gasteiger charge is -2.10. The molecule has 1 unspecified atom stereocenters. The van der Waals surface area contributed by atoms with Crippen molar-refractivity contribution in [1.82, 2.24) is 0 Å². The molecule has 0 fully saturated rings. The standard InChI is InChI=1S/C16H13BrFNOS/c1-9-2-3-10-7-15(21-14(10)6-9)16(20)19-13-5-4-11(17)8-12(13)18/h2-6,8,15H,7H2,1H3,(H,19,20). The van der Waals surface area contributed by atoms with Crippen molar-refractivity contribution in [3.63, 3.8) is 0 Å². The summed E-state index contributed by atoms with van der Waals surface area (Å²) in [6.45, 7) is 2.03. The number of amides is 1. The van der Waals surface area contributed by atoms with E-state index in [4.69, 9.17) is 0 Å². The Balaban J connectivity index is 1.73. The Hall–Kier alpha value is -1.33. The fourth-order valence-corrected chi connectivity index (χ4v) is 3.91. The fraction of sp³-hybridized carbons (Fsp3) is 0.188. The lowest BCUT2D eigenvalue weighted by atomic mass is 10.1. The molecular formula is C16H13BrFNOS. The van der Waals surface area contributed by atoms with Crippen LogP contribution in [0.4, 0.5) is 10.1 Å². The maximum atomic E-state index is 13.8. The summed E-state index contributed by atoms with van der Waals surface area (Å²) in [5, 5.41) is 2.47. The minimum atomic E-state index is -0.436. The third-order valence-electron chi connectivity index (χ3n) is 3.38. The molecule has 21 heavy (non-hydrogen) atoms. The Morgan fingerprint density at radius 1 is 1.33 bits per heavy atom. The molecule has 1 aliphatic heterocycles. The largest absolute Gasteiger partial charge is 0.323 e. The maximum absolute atomic E-state index is 13.8. The molecule has 2 nitrogen and oxygen atoms in total. The Morgan fingerprint density at radius 3 is 2.90 bits per heavy atom. The molecule has 1 heterocycles. The molecular weight excluding hydrogens is 353 g/mol. The molecule has 0 aliphatic carbocycles. The van der Waals surface area contributed by atoms with Gasteiger partial charge in [-0.2, -0.15) is 0 Å². The Morgan fingerprint density at radius 2 is 2.14 bits per heavy atom. The van der Waals surface area contributed by atoms with Gasteiger partial charge in [0.1, 0.15) is 5.82 Å². The van der Waals surface area contributed by atoms with Gasteiger partial charge in [0, 0.05) is 9.37 Å². The molecule has 1 aliphatic rings. The van der Waals surface area contributed by atoms with E-state index in [1.807, 2.05) is 13.0 Å². The lowest BCUT2D eigenvalue weighted by molar-refractivity contribution is -0.115.